The number of hydrogen-bond acceptors (Lipinski definition) is 4. The van der Waals surface area contributed by atoms with E-state index in [1.54, 1.807) is 18.3 Å². The number of pyridine rings is 1. The molecule has 0 bridgehead atoms. The molecule has 0 aliphatic carbocycles. The standard InChI is InChI=1S/C11H16N4O/c12-10(16)9-2-1-5-14-11(9)15-8-3-6-13-7-4-8/h1-2,5,8,13H,3-4,6-7H2,(H2,12,16)(H,14,15). The summed E-state index contributed by atoms with van der Waals surface area (Å²) in [6, 6.07) is 3.78. The van der Waals surface area contributed by atoms with Gasteiger partial charge in [0.05, 0.1) is 5.56 Å². The van der Waals surface area contributed by atoms with E-state index in [0.29, 0.717) is 17.4 Å². The number of rotatable bonds is 3. The Kier molecular flexibility index (Phi) is 3.36. The van der Waals surface area contributed by atoms with Crippen LogP contribution in [0.1, 0.15) is 23.2 Å². The molecule has 1 aromatic heterocycles. The Morgan fingerprint density at radius 2 is 2.25 bits per heavy atom. The quantitative estimate of drug-likeness (QED) is 0.686. The van der Waals surface area contributed by atoms with Crippen molar-refractivity contribution in [2.24, 2.45) is 5.73 Å². The number of hydrogen-bond donors (Lipinski definition) is 3. The second-order valence-corrected chi connectivity index (χ2v) is 3.93. The van der Waals surface area contributed by atoms with E-state index in [4.69, 9.17) is 5.73 Å². The Hall–Kier alpha value is -1.62. The van der Waals surface area contributed by atoms with Crippen molar-refractivity contribution in [3.63, 3.8) is 0 Å². The fourth-order valence-corrected chi connectivity index (χ4v) is 1.88. The van der Waals surface area contributed by atoms with Gasteiger partial charge < -0.3 is 16.4 Å². The number of anilines is 1. The summed E-state index contributed by atoms with van der Waals surface area (Å²) in [5.41, 5.74) is 5.75. The van der Waals surface area contributed by atoms with Gasteiger partial charge in [-0.25, -0.2) is 4.98 Å². The first-order chi connectivity index (χ1) is 7.77. The number of primary amides is 1. The normalized spacial score (nSPS) is 17.0. The molecule has 0 atom stereocenters. The molecule has 0 saturated carbocycles. The Labute approximate surface area is 94.4 Å². The number of aromatic nitrogens is 1. The summed E-state index contributed by atoms with van der Waals surface area (Å²) in [5.74, 6) is 0.159. The van der Waals surface area contributed by atoms with Crippen LogP contribution in [0.25, 0.3) is 0 Å². The predicted octanol–water partition coefficient (Wildman–Crippen LogP) is 0.344. The van der Waals surface area contributed by atoms with Crippen LogP contribution in [0, 0.1) is 0 Å². The van der Waals surface area contributed by atoms with Crippen LogP contribution in [0.15, 0.2) is 18.3 Å². The molecule has 5 nitrogen and oxygen atoms in total. The lowest BCUT2D eigenvalue weighted by molar-refractivity contribution is 0.100. The molecule has 1 fully saturated rings. The highest BCUT2D eigenvalue weighted by Gasteiger charge is 2.16. The van der Waals surface area contributed by atoms with E-state index in [-0.39, 0.29) is 0 Å². The highest BCUT2D eigenvalue weighted by Crippen LogP contribution is 2.15. The first-order valence-electron chi connectivity index (χ1n) is 5.49. The van der Waals surface area contributed by atoms with Crippen LogP contribution in [0.3, 0.4) is 0 Å². The summed E-state index contributed by atoms with van der Waals surface area (Å²) in [6.45, 7) is 1.99. The summed E-state index contributed by atoms with van der Waals surface area (Å²) >= 11 is 0. The smallest absolute Gasteiger partial charge is 0.252 e. The van der Waals surface area contributed by atoms with E-state index in [2.05, 4.69) is 15.6 Å². The number of carbonyl (C=O) groups excluding carboxylic acids is 1. The van der Waals surface area contributed by atoms with Gasteiger partial charge in [0.1, 0.15) is 5.82 Å². The maximum Gasteiger partial charge on any atom is 0.252 e. The second kappa shape index (κ2) is 4.94. The third kappa shape index (κ3) is 2.49. The number of amides is 1. The van der Waals surface area contributed by atoms with Crippen molar-refractivity contribution in [1.29, 1.82) is 0 Å². The zero-order valence-electron chi connectivity index (χ0n) is 9.07. The number of nitrogens with zero attached hydrogens (tertiary/aromatic N) is 1. The molecule has 16 heavy (non-hydrogen) atoms. The van der Waals surface area contributed by atoms with Crippen LogP contribution in [0.4, 0.5) is 5.82 Å². The molecule has 2 rings (SSSR count). The average molecular weight is 220 g/mol. The Balaban J connectivity index is 2.10. The molecule has 86 valence electrons. The SMILES string of the molecule is NC(=O)c1cccnc1NC1CCNCC1. The Morgan fingerprint density at radius 1 is 1.50 bits per heavy atom. The lowest BCUT2D eigenvalue weighted by Gasteiger charge is -2.24. The van der Waals surface area contributed by atoms with Gasteiger partial charge >= 0.3 is 0 Å². The molecular weight excluding hydrogens is 204 g/mol. The van der Waals surface area contributed by atoms with Gasteiger partial charge in [-0.05, 0) is 38.1 Å². The minimum Gasteiger partial charge on any atom is -0.367 e. The highest BCUT2D eigenvalue weighted by atomic mass is 16.1. The molecule has 1 amide bonds. The lowest BCUT2D eigenvalue weighted by Crippen LogP contribution is -2.36. The molecule has 1 aliphatic rings. The maximum atomic E-state index is 11.2. The molecule has 1 aromatic rings. The van der Waals surface area contributed by atoms with Gasteiger partial charge in [-0.1, -0.05) is 0 Å². The van der Waals surface area contributed by atoms with Crippen molar-refractivity contribution in [1.82, 2.24) is 10.3 Å². The summed E-state index contributed by atoms with van der Waals surface area (Å²) in [6.07, 6.45) is 3.74. The Morgan fingerprint density at radius 3 is 2.94 bits per heavy atom. The van der Waals surface area contributed by atoms with Gasteiger partial charge in [0, 0.05) is 12.2 Å². The zero-order valence-corrected chi connectivity index (χ0v) is 9.07. The third-order valence-corrected chi connectivity index (χ3v) is 2.75. The van der Waals surface area contributed by atoms with Gasteiger partial charge in [0.15, 0.2) is 0 Å². The van der Waals surface area contributed by atoms with Crippen molar-refractivity contribution >= 4 is 11.7 Å². The van der Waals surface area contributed by atoms with Gasteiger partial charge in [-0.3, -0.25) is 4.79 Å². The molecular formula is C11H16N4O. The zero-order chi connectivity index (χ0) is 11.4. The van der Waals surface area contributed by atoms with E-state index in [0.717, 1.165) is 25.9 Å². The summed E-state index contributed by atoms with van der Waals surface area (Å²) in [5, 5.41) is 6.56. The van der Waals surface area contributed by atoms with Gasteiger partial charge in [0.25, 0.3) is 5.91 Å². The molecule has 1 saturated heterocycles. The lowest BCUT2D eigenvalue weighted by atomic mass is 10.1. The number of nitrogens with one attached hydrogen (secondary N) is 2. The van der Waals surface area contributed by atoms with E-state index < -0.39 is 5.91 Å². The molecule has 0 radical (unpaired) electrons. The van der Waals surface area contributed by atoms with Crippen molar-refractivity contribution in [3.8, 4) is 0 Å². The summed E-state index contributed by atoms with van der Waals surface area (Å²) < 4.78 is 0. The van der Waals surface area contributed by atoms with E-state index in [9.17, 15) is 4.79 Å². The second-order valence-electron chi connectivity index (χ2n) is 3.93. The first-order valence-corrected chi connectivity index (χ1v) is 5.49. The highest BCUT2D eigenvalue weighted by molar-refractivity contribution is 5.97. The van der Waals surface area contributed by atoms with Crippen LogP contribution in [0.2, 0.25) is 0 Å². The monoisotopic (exact) mass is 220 g/mol. The number of carbonyl (C=O) groups is 1. The summed E-state index contributed by atoms with van der Waals surface area (Å²) in [4.78, 5) is 15.4. The van der Waals surface area contributed by atoms with Crippen molar-refractivity contribution < 1.29 is 4.79 Å². The van der Waals surface area contributed by atoms with E-state index in [1.807, 2.05) is 0 Å². The van der Waals surface area contributed by atoms with Crippen molar-refractivity contribution in [3.05, 3.63) is 23.9 Å². The minimum atomic E-state index is -0.440. The molecule has 0 spiro atoms. The topological polar surface area (TPSA) is 80.0 Å². The van der Waals surface area contributed by atoms with Gasteiger partial charge in [-0.15, -0.1) is 0 Å². The molecule has 2 heterocycles. The first kappa shape index (κ1) is 10.9. The largest absolute Gasteiger partial charge is 0.367 e. The minimum absolute atomic E-state index is 0.370. The Bertz CT molecular complexity index is 374. The fourth-order valence-electron chi connectivity index (χ4n) is 1.88. The molecule has 5 heteroatoms. The van der Waals surface area contributed by atoms with Gasteiger partial charge in [-0.2, -0.15) is 0 Å². The molecule has 4 N–H and O–H groups in total. The van der Waals surface area contributed by atoms with Crippen LogP contribution in [0.5, 0.6) is 0 Å². The van der Waals surface area contributed by atoms with Crippen molar-refractivity contribution in [2.75, 3.05) is 18.4 Å². The predicted molar refractivity (Wildman–Crippen MR) is 62.3 cm³/mol. The summed E-state index contributed by atoms with van der Waals surface area (Å²) in [7, 11) is 0. The molecule has 1 aliphatic heterocycles. The average Bonchev–Trinajstić information content (AvgIpc) is 2.31. The van der Waals surface area contributed by atoms with Crippen LogP contribution in [-0.2, 0) is 0 Å². The molecule has 0 unspecified atom stereocenters. The van der Waals surface area contributed by atoms with Crippen molar-refractivity contribution in [2.45, 2.75) is 18.9 Å². The third-order valence-electron chi connectivity index (χ3n) is 2.75. The van der Waals surface area contributed by atoms with Crippen LogP contribution >= 0.6 is 0 Å². The van der Waals surface area contributed by atoms with E-state index in [1.165, 1.54) is 0 Å². The van der Waals surface area contributed by atoms with Gasteiger partial charge in [0.2, 0.25) is 0 Å². The van der Waals surface area contributed by atoms with E-state index >= 15 is 0 Å². The number of piperidine rings is 1. The maximum absolute atomic E-state index is 11.2. The van der Waals surface area contributed by atoms with Crippen LogP contribution < -0.4 is 16.4 Å². The fraction of sp³-hybridized carbons (Fsp3) is 0.455. The van der Waals surface area contributed by atoms with Crippen LogP contribution in [-0.4, -0.2) is 30.0 Å². The number of nitrogens with two attached hydrogens (primary N) is 1. The molecule has 0 aromatic carbocycles.